The van der Waals surface area contributed by atoms with E-state index in [1.807, 2.05) is 6.26 Å². The molecule has 6 nitrogen and oxygen atoms in total. The van der Waals surface area contributed by atoms with Crippen LogP contribution in [0.1, 0.15) is 18.3 Å². The zero-order valence-corrected chi connectivity index (χ0v) is 10.6. The molecule has 0 fully saturated rings. The molecule has 1 rings (SSSR count). The van der Waals surface area contributed by atoms with Gasteiger partial charge in [-0.2, -0.15) is 11.8 Å². The number of nitrogen functional groups attached to an aromatic ring is 1. The minimum absolute atomic E-state index is 0.0888. The highest BCUT2D eigenvalue weighted by Gasteiger charge is 2.13. The average molecular weight is 257 g/mol. The van der Waals surface area contributed by atoms with Gasteiger partial charge in [-0.3, -0.25) is 9.59 Å². The van der Waals surface area contributed by atoms with Crippen molar-refractivity contribution in [3.63, 3.8) is 0 Å². The first-order chi connectivity index (χ1) is 8.08. The number of hydrogen-bond donors (Lipinski definition) is 2. The number of aromatic amines is 1. The molecule has 0 aliphatic rings. The van der Waals surface area contributed by atoms with Gasteiger partial charge in [0.25, 0.3) is 5.56 Å². The molecule has 0 aliphatic carbocycles. The SMILES string of the molecule is CCOC(=O)Cc1c(N)nc(CSC)[nH]c1=O. The minimum Gasteiger partial charge on any atom is -0.466 e. The van der Waals surface area contributed by atoms with E-state index in [0.717, 1.165) is 0 Å². The van der Waals surface area contributed by atoms with E-state index in [-0.39, 0.29) is 30.0 Å². The van der Waals surface area contributed by atoms with Crippen molar-refractivity contribution in [1.29, 1.82) is 0 Å². The van der Waals surface area contributed by atoms with Crippen LogP contribution in [0.15, 0.2) is 4.79 Å². The van der Waals surface area contributed by atoms with E-state index in [9.17, 15) is 9.59 Å². The third-order valence-corrected chi connectivity index (χ3v) is 2.57. The molecule has 94 valence electrons. The molecule has 0 unspecified atom stereocenters. The molecule has 0 saturated heterocycles. The van der Waals surface area contributed by atoms with Crippen molar-refractivity contribution in [1.82, 2.24) is 9.97 Å². The molecule has 0 aromatic carbocycles. The largest absolute Gasteiger partial charge is 0.466 e. The highest BCUT2D eigenvalue weighted by Crippen LogP contribution is 2.08. The number of thioether (sulfide) groups is 1. The molecule has 0 bridgehead atoms. The van der Waals surface area contributed by atoms with Gasteiger partial charge in [0.1, 0.15) is 11.6 Å². The molecule has 1 heterocycles. The molecule has 7 heteroatoms. The Balaban J connectivity index is 2.94. The van der Waals surface area contributed by atoms with Crippen LogP contribution in [-0.2, 0) is 21.7 Å². The van der Waals surface area contributed by atoms with E-state index >= 15 is 0 Å². The van der Waals surface area contributed by atoms with Crippen molar-refractivity contribution in [2.75, 3.05) is 18.6 Å². The number of aromatic nitrogens is 2. The lowest BCUT2D eigenvalue weighted by Crippen LogP contribution is -2.23. The molecule has 1 aromatic rings. The van der Waals surface area contributed by atoms with Gasteiger partial charge < -0.3 is 15.5 Å². The monoisotopic (exact) mass is 257 g/mol. The van der Waals surface area contributed by atoms with E-state index in [1.54, 1.807) is 6.92 Å². The molecule has 0 aliphatic heterocycles. The van der Waals surface area contributed by atoms with Crippen molar-refractivity contribution in [3.8, 4) is 0 Å². The van der Waals surface area contributed by atoms with Gasteiger partial charge in [0.2, 0.25) is 0 Å². The average Bonchev–Trinajstić information content (AvgIpc) is 2.24. The topological polar surface area (TPSA) is 98.1 Å². The second-order valence-corrected chi connectivity index (χ2v) is 4.16. The van der Waals surface area contributed by atoms with Crippen LogP contribution in [0.3, 0.4) is 0 Å². The number of nitrogens with one attached hydrogen (secondary N) is 1. The molecule has 0 saturated carbocycles. The van der Waals surface area contributed by atoms with Crippen molar-refractivity contribution < 1.29 is 9.53 Å². The van der Waals surface area contributed by atoms with E-state index in [2.05, 4.69) is 9.97 Å². The van der Waals surface area contributed by atoms with Gasteiger partial charge in [-0.05, 0) is 13.2 Å². The summed E-state index contributed by atoms with van der Waals surface area (Å²) in [6, 6.07) is 0. The zero-order chi connectivity index (χ0) is 12.8. The van der Waals surface area contributed by atoms with Crippen LogP contribution < -0.4 is 11.3 Å². The molecule has 0 atom stereocenters. The van der Waals surface area contributed by atoms with Crippen LogP contribution in [0.2, 0.25) is 0 Å². The van der Waals surface area contributed by atoms with Gasteiger partial charge in [-0.15, -0.1) is 0 Å². The Labute approximate surface area is 103 Å². The van der Waals surface area contributed by atoms with Gasteiger partial charge >= 0.3 is 5.97 Å². The van der Waals surface area contributed by atoms with Gasteiger partial charge in [-0.1, -0.05) is 0 Å². The maximum atomic E-state index is 11.7. The number of anilines is 1. The minimum atomic E-state index is -0.482. The standard InChI is InChI=1S/C10H15N3O3S/c1-3-16-8(14)4-6-9(11)12-7(5-17-2)13-10(6)15/h3-5H2,1-2H3,(H3,11,12,13,15). The quantitative estimate of drug-likeness (QED) is 0.737. The number of hydrogen-bond acceptors (Lipinski definition) is 6. The summed E-state index contributed by atoms with van der Waals surface area (Å²) in [5.41, 5.74) is 5.43. The predicted molar refractivity (Wildman–Crippen MR) is 66.8 cm³/mol. The van der Waals surface area contributed by atoms with E-state index < -0.39 is 5.97 Å². The summed E-state index contributed by atoms with van der Waals surface area (Å²) in [6.45, 7) is 1.97. The normalized spacial score (nSPS) is 10.2. The number of carbonyl (C=O) groups is 1. The molecule has 0 spiro atoms. The predicted octanol–water partition coefficient (Wildman–Crippen LogP) is 0.321. The molecule has 1 aromatic heterocycles. The lowest BCUT2D eigenvalue weighted by molar-refractivity contribution is -0.142. The second-order valence-electron chi connectivity index (χ2n) is 3.29. The summed E-state index contributed by atoms with van der Waals surface area (Å²) in [7, 11) is 0. The zero-order valence-electron chi connectivity index (χ0n) is 9.78. The first-order valence-electron chi connectivity index (χ1n) is 5.10. The van der Waals surface area contributed by atoms with Crippen molar-refractivity contribution in [2.45, 2.75) is 19.1 Å². The Bertz CT molecular complexity index is 459. The summed E-state index contributed by atoms with van der Waals surface area (Å²) in [5, 5.41) is 0. The summed E-state index contributed by atoms with van der Waals surface area (Å²) in [4.78, 5) is 29.6. The third kappa shape index (κ3) is 3.77. The fraction of sp³-hybridized carbons (Fsp3) is 0.500. The number of nitrogens with two attached hydrogens (primary N) is 1. The Kier molecular flexibility index (Phi) is 5.02. The Morgan fingerprint density at radius 2 is 2.29 bits per heavy atom. The van der Waals surface area contributed by atoms with E-state index in [0.29, 0.717) is 11.6 Å². The molecule has 0 radical (unpaired) electrons. The third-order valence-electron chi connectivity index (χ3n) is 2.00. The molecular weight excluding hydrogens is 242 g/mol. The van der Waals surface area contributed by atoms with Crippen LogP contribution in [-0.4, -0.2) is 28.8 Å². The number of carbonyl (C=O) groups excluding carboxylic acids is 1. The smallest absolute Gasteiger partial charge is 0.310 e. The number of H-pyrrole nitrogens is 1. The van der Waals surface area contributed by atoms with Gasteiger partial charge in [0.15, 0.2) is 0 Å². The number of rotatable bonds is 5. The van der Waals surface area contributed by atoms with Gasteiger partial charge in [0.05, 0.1) is 24.3 Å². The molecule has 3 N–H and O–H groups in total. The lowest BCUT2D eigenvalue weighted by Gasteiger charge is -2.06. The summed E-state index contributed by atoms with van der Waals surface area (Å²) >= 11 is 1.52. The highest BCUT2D eigenvalue weighted by atomic mass is 32.2. The number of ether oxygens (including phenoxy) is 1. The Hall–Kier alpha value is -1.50. The first-order valence-corrected chi connectivity index (χ1v) is 6.50. The van der Waals surface area contributed by atoms with E-state index in [1.165, 1.54) is 11.8 Å². The maximum absolute atomic E-state index is 11.7. The van der Waals surface area contributed by atoms with Crippen molar-refractivity contribution in [2.24, 2.45) is 0 Å². The van der Waals surface area contributed by atoms with Gasteiger partial charge in [0, 0.05) is 0 Å². The fourth-order valence-electron chi connectivity index (χ4n) is 1.30. The van der Waals surface area contributed by atoms with Crippen LogP contribution in [0.25, 0.3) is 0 Å². The summed E-state index contributed by atoms with van der Waals surface area (Å²) < 4.78 is 4.75. The Morgan fingerprint density at radius 3 is 2.82 bits per heavy atom. The van der Waals surface area contributed by atoms with Gasteiger partial charge in [-0.25, -0.2) is 4.98 Å². The lowest BCUT2D eigenvalue weighted by atomic mass is 10.2. The Morgan fingerprint density at radius 1 is 1.59 bits per heavy atom. The van der Waals surface area contributed by atoms with Crippen LogP contribution in [0.4, 0.5) is 5.82 Å². The van der Waals surface area contributed by atoms with E-state index in [4.69, 9.17) is 10.5 Å². The van der Waals surface area contributed by atoms with Crippen LogP contribution >= 0.6 is 11.8 Å². The molecule has 17 heavy (non-hydrogen) atoms. The number of nitrogens with zero attached hydrogens (tertiary/aromatic N) is 1. The highest BCUT2D eigenvalue weighted by molar-refractivity contribution is 7.97. The fourth-order valence-corrected chi connectivity index (χ4v) is 1.71. The summed E-state index contributed by atoms with van der Waals surface area (Å²) in [6.07, 6.45) is 1.74. The maximum Gasteiger partial charge on any atom is 0.310 e. The van der Waals surface area contributed by atoms with Crippen molar-refractivity contribution >= 4 is 23.5 Å². The van der Waals surface area contributed by atoms with Crippen LogP contribution in [0, 0.1) is 0 Å². The number of esters is 1. The first kappa shape index (κ1) is 13.6. The molecule has 0 amide bonds. The van der Waals surface area contributed by atoms with Crippen molar-refractivity contribution in [3.05, 3.63) is 21.7 Å². The van der Waals surface area contributed by atoms with Crippen LogP contribution in [0.5, 0.6) is 0 Å². The second kappa shape index (κ2) is 6.29. The summed E-state index contributed by atoms with van der Waals surface area (Å²) in [5.74, 6) is 0.682. The molecular formula is C10H15N3O3S.